The predicted molar refractivity (Wildman–Crippen MR) is 81.1 cm³/mol. The molecule has 2 aromatic rings. The van der Waals surface area contributed by atoms with Crippen LogP contribution in [-0.4, -0.2) is 35.1 Å². The van der Waals surface area contributed by atoms with Crippen molar-refractivity contribution in [1.82, 2.24) is 9.78 Å². The largest absolute Gasteiger partial charge is 0.496 e. The Hall–Kier alpha value is -2.02. The molecule has 0 spiro atoms. The van der Waals surface area contributed by atoms with Gasteiger partial charge < -0.3 is 14.6 Å². The maximum atomic E-state index is 11.1. The number of benzene rings is 1. The Morgan fingerprint density at radius 3 is 2.48 bits per heavy atom. The van der Waals surface area contributed by atoms with E-state index in [0.29, 0.717) is 27.2 Å². The zero-order valence-corrected chi connectivity index (χ0v) is 13.7. The highest BCUT2D eigenvalue weighted by Gasteiger charge is 2.22. The summed E-state index contributed by atoms with van der Waals surface area (Å²) in [6, 6.07) is 3.34. The van der Waals surface area contributed by atoms with E-state index >= 15 is 0 Å². The zero-order valence-electron chi connectivity index (χ0n) is 12.1. The highest BCUT2D eigenvalue weighted by Crippen LogP contribution is 2.44. The Morgan fingerprint density at radius 2 is 2.00 bits per heavy atom. The van der Waals surface area contributed by atoms with Crippen LogP contribution in [0, 0.1) is 6.92 Å². The summed E-state index contributed by atoms with van der Waals surface area (Å²) in [5.41, 5.74) is 2.20. The first-order valence-electron chi connectivity index (χ1n) is 6.09. The van der Waals surface area contributed by atoms with E-state index < -0.39 is 5.97 Å². The predicted octanol–water partition coefficient (Wildman–Crippen LogP) is 2.87. The molecule has 2 rings (SSSR count). The summed E-state index contributed by atoms with van der Waals surface area (Å²) in [5.74, 6) is 0.204. The molecule has 0 radical (unpaired) electrons. The first-order chi connectivity index (χ1) is 9.90. The molecule has 0 aliphatic carbocycles. The van der Waals surface area contributed by atoms with E-state index in [2.05, 4.69) is 21.0 Å². The number of rotatable bonds is 4. The molecule has 0 aliphatic rings. The standard InChI is InChI=1S/C14H15BrN2O4/c1-7-5-10(20-3)11(12(15)13(7)21-4)9-6-8(14(18)19)16-17(9)2/h5-6H,1-4H3,(H,18,19). The van der Waals surface area contributed by atoms with Crippen molar-refractivity contribution in [2.45, 2.75) is 6.92 Å². The maximum Gasteiger partial charge on any atom is 0.356 e. The molecule has 0 fully saturated rings. The van der Waals surface area contributed by atoms with Gasteiger partial charge in [-0.25, -0.2) is 4.79 Å². The van der Waals surface area contributed by atoms with Crippen molar-refractivity contribution < 1.29 is 19.4 Å². The Morgan fingerprint density at radius 1 is 1.33 bits per heavy atom. The van der Waals surface area contributed by atoms with Crippen molar-refractivity contribution >= 4 is 21.9 Å². The van der Waals surface area contributed by atoms with Crippen LogP contribution in [0.5, 0.6) is 11.5 Å². The van der Waals surface area contributed by atoms with Crippen molar-refractivity contribution in [3.8, 4) is 22.8 Å². The minimum Gasteiger partial charge on any atom is -0.496 e. The van der Waals surface area contributed by atoms with Crippen molar-refractivity contribution in [1.29, 1.82) is 0 Å². The van der Waals surface area contributed by atoms with E-state index in [-0.39, 0.29) is 5.69 Å². The second-order valence-corrected chi connectivity index (χ2v) is 5.25. The third-order valence-corrected chi connectivity index (χ3v) is 3.91. The Bertz CT molecular complexity index is 709. The number of methoxy groups -OCH3 is 2. The number of aromatic carboxylic acids is 1. The third kappa shape index (κ3) is 2.61. The molecule has 0 aliphatic heterocycles. The molecule has 0 bridgehead atoms. The van der Waals surface area contributed by atoms with E-state index in [1.807, 2.05) is 13.0 Å². The van der Waals surface area contributed by atoms with Crippen LogP contribution < -0.4 is 9.47 Å². The number of halogens is 1. The molecule has 0 amide bonds. The molecule has 6 nitrogen and oxygen atoms in total. The van der Waals surface area contributed by atoms with Crippen molar-refractivity contribution in [2.24, 2.45) is 7.05 Å². The van der Waals surface area contributed by atoms with Gasteiger partial charge in [-0.05, 0) is 40.5 Å². The molecule has 1 aromatic carbocycles. The van der Waals surface area contributed by atoms with Gasteiger partial charge in [-0.15, -0.1) is 0 Å². The minimum atomic E-state index is -1.08. The molecule has 21 heavy (non-hydrogen) atoms. The van der Waals surface area contributed by atoms with Crippen LogP contribution in [0.15, 0.2) is 16.6 Å². The lowest BCUT2D eigenvalue weighted by molar-refractivity contribution is 0.0689. The summed E-state index contributed by atoms with van der Waals surface area (Å²) >= 11 is 3.51. The molecule has 7 heteroatoms. The van der Waals surface area contributed by atoms with Gasteiger partial charge in [0.25, 0.3) is 0 Å². The topological polar surface area (TPSA) is 73.6 Å². The van der Waals surface area contributed by atoms with Gasteiger partial charge in [0.05, 0.1) is 29.9 Å². The van der Waals surface area contributed by atoms with Crippen LogP contribution >= 0.6 is 15.9 Å². The molecular formula is C14H15BrN2O4. The summed E-state index contributed by atoms with van der Waals surface area (Å²) in [5, 5.41) is 13.0. The Labute approximate surface area is 130 Å². The number of carboxylic acids is 1. The normalized spacial score (nSPS) is 10.5. The number of nitrogens with zero attached hydrogens (tertiary/aromatic N) is 2. The first kappa shape index (κ1) is 15.4. The lowest BCUT2D eigenvalue weighted by Crippen LogP contribution is -2.01. The van der Waals surface area contributed by atoms with Crippen LogP contribution in [0.3, 0.4) is 0 Å². The summed E-state index contributed by atoms with van der Waals surface area (Å²) in [7, 11) is 4.82. The number of carboxylic acid groups (broad SMARTS) is 1. The fraction of sp³-hybridized carbons (Fsp3) is 0.286. The number of hydrogen-bond acceptors (Lipinski definition) is 4. The lowest BCUT2D eigenvalue weighted by Gasteiger charge is -2.16. The summed E-state index contributed by atoms with van der Waals surface area (Å²) in [6.07, 6.45) is 0. The van der Waals surface area contributed by atoms with Gasteiger partial charge in [-0.3, -0.25) is 4.68 Å². The number of carbonyl (C=O) groups is 1. The molecule has 112 valence electrons. The molecule has 0 unspecified atom stereocenters. The van der Waals surface area contributed by atoms with Crippen molar-refractivity contribution in [3.63, 3.8) is 0 Å². The number of hydrogen-bond donors (Lipinski definition) is 1. The SMILES string of the molecule is COc1cc(C)c(OC)c(Br)c1-c1cc(C(=O)O)nn1C. The van der Waals surface area contributed by atoms with Gasteiger partial charge in [-0.1, -0.05) is 0 Å². The van der Waals surface area contributed by atoms with E-state index in [1.54, 1.807) is 21.3 Å². The van der Waals surface area contributed by atoms with Crippen LogP contribution in [0.4, 0.5) is 0 Å². The van der Waals surface area contributed by atoms with Crippen molar-refractivity contribution in [3.05, 3.63) is 27.9 Å². The van der Waals surface area contributed by atoms with Crippen LogP contribution in [0.2, 0.25) is 0 Å². The third-order valence-electron chi connectivity index (χ3n) is 3.15. The molecule has 1 aromatic heterocycles. The number of ether oxygens (including phenoxy) is 2. The van der Waals surface area contributed by atoms with Gasteiger partial charge in [0, 0.05) is 7.05 Å². The minimum absolute atomic E-state index is 0.0269. The summed E-state index contributed by atoms with van der Waals surface area (Å²) in [6.45, 7) is 1.90. The van der Waals surface area contributed by atoms with Gasteiger partial charge in [-0.2, -0.15) is 5.10 Å². The number of aromatic nitrogens is 2. The van der Waals surface area contributed by atoms with Gasteiger partial charge in [0.2, 0.25) is 0 Å². The van der Waals surface area contributed by atoms with Gasteiger partial charge in [0.15, 0.2) is 5.69 Å². The van der Waals surface area contributed by atoms with E-state index in [4.69, 9.17) is 14.6 Å². The molecule has 1 heterocycles. The monoisotopic (exact) mass is 354 g/mol. The van der Waals surface area contributed by atoms with Crippen molar-refractivity contribution in [2.75, 3.05) is 14.2 Å². The molecule has 1 N–H and O–H groups in total. The Balaban J connectivity index is 2.76. The second kappa shape index (κ2) is 5.77. The fourth-order valence-corrected chi connectivity index (χ4v) is 3.06. The maximum absolute atomic E-state index is 11.1. The summed E-state index contributed by atoms with van der Waals surface area (Å²) < 4.78 is 13.0. The summed E-state index contributed by atoms with van der Waals surface area (Å²) in [4.78, 5) is 11.1. The molecule has 0 saturated carbocycles. The first-order valence-corrected chi connectivity index (χ1v) is 6.88. The van der Waals surface area contributed by atoms with E-state index in [0.717, 1.165) is 5.56 Å². The molecular weight excluding hydrogens is 340 g/mol. The highest BCUT2D eigenvalue weighted by atomic mass is 79.9. The number of aryl methyl sites for hydroxylation is 2. The molecule has 0 atom stereocenters. The smallest absolute Gasteiger partial charge is 0.356 e. The highest BCUT2D eigenvalue weighted by molar-refractivity contribution is 9.10. The lowest BCUT2D eigenvalue weighted by atomic mass is 10.1. The van der Waals surface area contributed by atoms with E-state index in [1.165, 1.54) is 10.7 Å². The molecule has 0 saturated heterocycles. The fourth-order valence-electron chi connectivity index (χ4n) is 2.19. The van der Waals surface area contributed by atoms with Gasteiger partial charge >= 0.3 is 5.97 Å². The van der Waals surface area contributed by atoms with Crippen LogP contribution in [0.1, 0.15) is 16.1 Å². The van der Waals surface area contributed by atoms with E-state index in [9.17, 15) is 4.79 Å². The van der Waals surface area contributed by atoms with Crippen LogP contribution in [-0.2, 0) is 7.05 Å². The Kier molecular flexibility index (Phi) is 4.22. The van der Waals surface area contributed by atoms with Crippen LogP contribution in [0.25, 0.3) is 11.3 Å². The quantitative estimate of drug-likeness (QED) is 0.913. The average Bonchev–Trinajstić information content (AvgIpc) is 2.80. The average molecular weight is 355 g/mol. The zero-order chi connectivity index (χ0) is 15.7. The second-order valence-electron chi connectivity index (χ2n) is 4.46. The van der Waals surface area contributed by atoms with Gasteiger partial charge in [0.1, 0.15) is 11.5 Å².